The van der Waals surface area contributed by atoms with Gasteiger partial charge in [-0.15, -0.1) is 51.8 Å². The Morgan fingerprint density at radius 3 is 2.14 bits per heavy atom. The quantitative estimate of drug-likeness (QED) is 0.117. The zero-order valence-corrected chi connectivity index (χ0v) is 24.8. The summed E-state index contributed by atoms with van der Waals surface area (Å²) in [5.41, 5.74) is 4.42. The number of rotatable bonds is 3. The van der Waals surface area contributed by atoms with Gasteiger partial charge in [-0.1, -0.05) is 80.3 Å². The fourth-order valence-corrected chi connectivity index (χ4v) is 5.82. The second-order valence-corrected chi connectivity index (χ2v) is 11.6. The summed E-state index contributed by atoms with van der Waals surface area (Å²) in [5.74, 6) is -0.0625. The van der Waals surface area contributed by atoms with Crippen LogP contribution >= 0.6 is 22.7 Å². The fourth-order valence-electron chi connectivity index (χ4n) is 3.72. The first-order valence-corrected chi connectivity index (χ1v) is 12.9. The minimum Gasteiger partial charge on any atom is -0.512 e. The summed E-state index contributed by atoms with van der Waals surface area (Å²) in [4.78, 5) is 19.6. The minimum atomic E-state index is -0.125. The number of nitrogens with zero attached hydrogens (tertiary/aromatic N) is 2. The summed E-state index contributed by atoms with van der Waals surface area (Å²) < 4.78 is 1.16. The maximum Gasteiger partial charge on any atom is 0.174 e. The summed E-state index contributed by atoms with van der Waals surface area (Å²) >= 11 is 3.42. The number of ketones is 1. The van der Waals surface area contributed by atoms with Gasteiger partial charge in [-0.2, -0.15) is 0 Å². The smallest absolute Gasteiger partial charge is 0.174 e. The van der Waals surface area contributed by atoms with Crippen LogP contribution in [0.1, 0.15) is 40.2 Å². The third-order valence-electron chi connectivity index (χ3n) is 5.22. The van der Waals surface area contributed by atoms with Gasteiger partial charge >= 0.3 is 0 Å². The van der Waals surface area contributed by atoms with E-state index in [9.17, 15) is 4.79 Å². The minimum absolute atomic E-state index is 0. The number of aromatic nitrogens is 2. The monoisotopic (exact) mass is 692 g/mol. The van der Waals surface area contributed by atoms with Crippen LogP contribution in [-0.2, 0) is 30.3 Å². The van der Waals surface area contributed by atoms with Crippen molar-refractivity contribution in [3.8, 4) is 21.1 Å². The maximum atomic E-state index is 10.0. The Hall–Kier alpha value is -2.70. The molecule has 1 radical (unpaired) electrons. The summed E-state index contributed by atoms with van der Waals surface area (Å²) in [5, 5.41) is 12.8. The Balaban J connectivity index is 0.000000400. The van der Waals surface area contributed by atoms with Gasteiger partial charge in [0.15, 0.2) is 11.4 Å². The molecule has 0 aliphatic heterocycles. The standard InChI is InChI=1S/C24H19N2S2.C5H8O2.Ir/c1-24(2,3)19-14-17(13-16-11-7-8-12-18(16)19)22-26-20-23(28-22)27-21(25-20)15-9-5-4-6-10-15;1-4(6)3-5(2)7;/h4-12,14H,1-3H3;3,6H,1-2H3;/q-1;;/b;4-3-;. The molecule has 1 N–H and O–H groups in total. The van der Waals surface area contributed by atoms with Gasteiger partial charge < -0.3 is 5.11 Å². The SMILES string of the molecule is CC(=O)/C=C(/C)O.CC(C)(C)c1cc(-c2nc3nc(-c4ccccc4)sc3s2)[c-]c2ccccc12.[Ir]. The average molecular weight is 692 g/mol. The van der Waals surface area contributed by atoms with Gasteiger partial charge in [0.1, 0.15) is 9.02 Å². The van der Waals surface area contributed by atoms with Crippen molar-refractivity contribution in [2.45, 2.75) is 40.0 Å². The van der Waals surface area contributed by atoms with E-state index in [0.717, 1.165) is 36.2 Å². The number of allylic oxidation sites excluding steroid dienone is 2. The van der Waals surface area contributed by atoms with Gasteiger partial charge in [0, 0.05) is 31.7 Å². The third-order valence-corrected chi connectivity index (χ3v) is 7.48. The van der Waals surface area contributed by atoms with Gasteiger partial charge in [0.2, 0.25) is 0 Å². The molecule has 0 saturated carbocycles. The molecule has 0 aliphatic rings. The van der Waals surface area contributed by atoms with Crippen molar-refractivity contribution in [2.75, 3.05) is 0 Å². The van der Waals surface area contributed by atoms with Crippen LogP contribution in [0, 0.1) is 6.07 Å². The summed E-state index contributed by atoms with van der Waals surface area (Å²) in [6, 6.07) is 24.6. The van der Waals surface area contributed by atoms with Crippen molar-refractivity contribution < 1.29 is 30.0 Å². The van der Waals surface area contributed by atoms with Gasteiger partial charge in [-0.3, -0.25) is 9.78 Å². The zero-order valence-electron chi connectivity index (χ0n) is 20.8. The van der Waals surface area contributed by atoms with Crippen LogP contribution in [0.3, 0.4) is 0 Å². The summed E-state index contributed by atoms with van der Waals surface area (Å²) in [7, 11) is 0. The Morgan fingerprint density at radius 1 is 0.944 bits per heavy atom. The third kappa shape index (κ3) is 6.54. The van der Waals surface area contributed by atoms with Crippen LogP contribution in [-0.4, -0.2) is 20.9 Å². The van der Waals surface area contributed by atoms with E-state index in [4.69, 9.17) is 15.1 Å². The van der Waals surface area contributed by atoms with Crippen LogP contribution in [0.25, 0.3) is 41.6 Å². The Kier molecular flexibility index (Phi) is 8.96. The van der Waals surface area contributed by atoms with E-state index >= 15 is 0 Å². The molecule has 0 spiro atoms. The van der Waals surface area contributed by atoms with Gasteiger partial charge in [0.25, 0.3) is 0 Å². The molecule has 0 saturated heterocycles. The zero-order chi connectivity index (χ0) is 25.2. The van der Waals surface area contributed by atoms with E-state index in [0.29, 0.717) is 0 Å². The predicted octanol–water partition coefficient (Wildman–Crippen LogP) is 8.37. The largest absolute Gasteiger partial charge is 0.512 e. The Labute approximate surface area is 233 Å². The fraction of sp³-hybridized carbons (Fsp3) is 0.207. The molecule has 5 aromatic rings. The topological polar surface area (TPSA) is 63.1 Å². The Bertz CT molecular complexity index is 1490. The second-order valence-electron chi connectivity index (χ2n) is 9.30. The van der Waals surface area contributed by atoms with Crippen LogP contribution in [0.2, 0.25) is 0 Å². The number of thiazole rings is 2. The molecule has 0 amide bonds. The number of aliphatic hydroxyl groups excluding tert-OH is 1. The number of hydrogen-bond donors (Lipinski definition) is 1. The molecule has 4 nitrogen and oxygen atoms in total. The molecule has 36 heavy (non-hydrogen) atoms. The molecule has 0 unspecified atom stereocenters. The van der Waals surface area contributed by atoms with Crippen molar-refractivity contribution >= 4 is 48.9 Å². The van der Waals surface area contributed by atoms with Gasteiger partial charge in [-0.05, 0) is 19.3 Å². The molecular weight excluding hydrogens is 665 g/mol. The van der Waals surface area contributed by atoms with Crippen LogP contribution in [0.4, 0.5) is 0 Å². The number of hydrogen-bond acceptors (Lipinski definition) is 6. The van der Waals surface area contributed by atoms with Gasteiger partial charge in [-0.25, -0.2) is 4.98 Å². The van der Waals surface area contributed by atoms with E-state index in [1.165, 1.54) is 30.9 Å². The first kappa shape index (κ1) is 27.9. The molecular formula is C29H27IrN2O2S2-. The number of aliphatic hydroxyl groups is 1. The van der Waals surface area contributed by atoms with Crippen molar-refractivity contribution in [3.63, 3.8) is 0 Å². The van der Waals surface area contributed by atoms with Crippen molar-refractivity contribution in [3.05, 3.63) is 84.1 Å². The predicted molar refractivity (Wildman–Crippen MR) is 148 cm³/mol. The summed E-state index contributed by atoms with van der Waals surface area (Å²) in [6.07, 6.45) is 1.17. The van der Waals surface area contributed by atoms with Crippen LogP contribution in [0.5, 0.6) is 0 Å². The molecule has 0 atom stereocenters. The molecule has 3 aromatic carbocycles. The number of carbonyl (C=O) groups is 1. The number of fused-ring (bicyclic) bond motifs is 2. The number of benzene rings is 3. The second kappa shape index (κ2) is 11.6. The molecule has 5 rings (SSSR count). The Morgan fingerprint density at radius 2 is 1.56 bits per heavy atom. The van der Waals surface area contributed by atoms with Crippen molar-refractivity contribution in [2.24, 2.45) is 0 Å². The molecule has 7 heteroatoms. The van der Waals surface area contributed by atoms with E-state index < -0.39 is 0 Å². The number of carbonyl (C=O) groups excluding carboxylic acids is 1. The molecule has 0 fully saturated rings. The van der Waals surface area contributed by atoms with Crippen LogP contribution < -0.4 is 0 Å². The van der Waals surface area contributed by atoms with Crippen molar-refractivity contribution in [1.29, 1.82) is 0 Å². The van der Waals surface area contributed by atoms with Crippen LogP contribution in [0.15, 0.2) is 72.5 Å². The molecule has 187 valence electrons. The molecule has 0 aliphatic carbocycles. The van der Waals surface area contributed by atoms with E-state index in [1.54, 1.807) is 22.7 Å². The first-order valence-electron chi connectivity index (χ1n) is 11.3. The first-order chi connectivity index (χ1) is 16.6. The molecule has 2 heterocycles. The van der Waals surface area contributed by atoms with Gasteiger partial charge in [0.05, 0.1) is 10.8 Å². The molecule has 2 aromatic heterocycles. The normalized spacial score (nSPS) is 11.6. The maximum absolute atomic E-state index is 10.0. The van der Waals surface area contributed by atoms with E-state index in [1.807, 2.05) is 18.2 Å². The summed E-state index contributed by atoms with van der Waals surface area (Å²) in [6.45, 7) is 9.62. The average Bonchev–Trinajstić information content (AvgIpc) is 3.37. The van der Waals surface area contributed by atoms with E-state index in [2.05, 4.69) is 69.3 Å². The van der Waals surface area contributed by atoms with Crippen molar-refractivity contribution in [1.82, 2.24) is 9.97 Å². The molecule has 0 bridgehead atoms. The van der Waals surface area contributed by atoms with E-state index in [-0.39, 0.29) is 37.1 Å².